The van der Waals surface area contributed by atoms with E-state index in [-0.39, 0.29) is 30.4 Å². The van der Waals surface area contributed by atoms with Crippen LogP contribution in [0.15, 0.2) is 48.5 Å². The summed E-state index contributed by atoms with van der Waals surface area (Å²) in [5.74, 6) is 0.654. The van der Waals surface area contributed by atoms with Crippen LogP contribution in [-0.2, 0) is 16.0 Å². The van der Waals surface area contributed by atoms with Crippen molar-refractivity contribution in [3.05, 3.63) is 59.7 Å². The summed E-state index contributed by atoms with van der Waals surface area (Å²) < 4.78 is 5.36. The van der Waals surface area contributed by atoms with Gasteiger partial charge in [-0.25, -0.2) is 0 Å². The zero-order chi connectivity index (χ0) is 24.7. The highest BCUT2D eigenvalue weighted by Crippen LogP contribution is 2.25. The first kappa shape index (κ1) is 25.7. The minimum atomic E-state index is -0.269. The van der Waals surface area contributed by atoms with Crippen molar-refractivity contribution in [1.82, 2.24) is 14.7 Å². The van der Waals surface area contributed by atoms with Crippen molar-refractivity contribution in [2.24, 2.45) is 0 Å². The molecule has 0 aromatic heterocycles. The lowest BCUT2D eigenvalue weighted by Gasteiger charge is -2.40. The standard InChI is InChI=1S/C27H38N4O3/c1-6-22-10-7-8-13-25(22)28-26(32)19-29(4)27(33)21(3)31-16-14-30(15-17-31)20(2)23-11-9-12-24(18-23)34-5/h7-13,18,20-21H,6,14-17,19H2,1-5H3,(H,28,32). The molecular weight excluding hydrogens is 428 g/mol. The summed E-state index contributed by atoms with van der Waals surface area (Å²) in [7, 11) is 3.39. The lowest BCUT2D eigenvalue weighted by molar-refractivity contribution is -0.138. The van der Waals surface area contributed by atoms with E-state index in [1.165, 1.54) is 10.5 Å². The molecule has 2 aromatic carbocycles. The molecule has 2 amide bonds. The Labute approximate surface area is 203 Å². The Bertz CT molecular complexity index is 972. The van der Waals surface area contributed by atoms with Crippen LogP contribution in [0.4, 0.5) is 5.69 Å². The number of carbonyl (C=O) groups excluding carboxylic acids is 2. The number of aryl methyl sites for hydroxylation is 1. The third kappa shape index (κ3) is 6.36. The van der Waals surface area contributed by atoms with Crippen molar-refractivity contribution in [2.75, 3.05) is 52.2 Å². The second-order valence-corrected chi connectivity index (χ2v) is 8.95. The number of hydrogen-bond donors (Lipinski definition) is 1. The Kier molecular flexibility index (Phi) is 9.07. The SMILES string of the molecule is CCc1ccccc1NC(=O)CN(C)C(=O)C(C)N1CCN(C(C)c2cccc(OC)c2)CC1. The van der Waals surface area contributed by atoms with E-state index in [9.17, 15) is 9.59 Å². The van der Waals surface area contributed by atoms with Gasteiger partial charge in [0.05, 0.1) is 19.7 Å². The molecule has 2 unspecified atom stereocenters. The first-order valence-electron chi connectivity index (χ1n) is 12.1. The number of carbonyl (C=O) groups is 2. The first-order chi connectivity index (χ1) is 16.3. The van der Waals surface area contributed by atoms with Gasteiger partial charge in [0.1, 0.15) is 5.75 Å². The molecule has 7 heteroatoms. The Morgan fingerprint density at radius 3 is 2.38 bits per heavy atom. The van der Waals surface area contributed by atoms with Gasteiger partial charge >= 0.3 is 0 Å². The number of rotatable bonds is 9. The highest BCUT2D eigenvalue weighted by atomic mass is 16.5. The summed E-state index contributed by atoms with van der Waals surface area (Å²) >= 11 is 0. The number of likely N-dealkylation sites (N-methyl/N-ethyl adjacent to an activating group) is 1. The molecule has 2 aromatic rings. The third-order valence-corrected chi connectivity index (χ3v) is 6.81. The quantitative estimate of drug-likeness (QED) is 0.614. The number of hydrogen-bond acceptors (Lipinski definition) is 5. The van der Waals surface area contributed by atoms with Crippen LogP contribution >= 0.6 is 0 Å². The Morgan fingerprint density at radius 2 is 1.71 bits per heavy atom. The molecule has 1 heterocycles. The van der Waals surface area contributed by atoms with Crippen molar-refractivity contribution in [1.29, 1.82) is 0 Å². The molecule has 1 aliphatic heterocycles. The topological polar surface area (TPSA) is 65.1 Å². The van der Waals surface area contributed by atoms with Gasteiger partial charge in [0, 0.05) is 45.0 Å². The average Bonchev–Trinajstić information content (AvgIpc) is 2.87. The molecule has 0 radical (unpaired) electrons. The molecule has 2 atom stereocenters. The Hall–Kier alpha value is -2.90. The van der Waals surface area contributed by atoms with Gasteiger partial charge in [-0.05, 0) is 49.6 Å². The molecule has 1 N–H and O–H groups in total. The maximum Gasteiger partial charge on any atom is 0.243 e. The molecular formula is C27H38N4O3. The normalized spacial score (nSPS) is 16.5. The predicted molar refractivity (Wildman–Crippen MR) is 136 cm³/mol. The molecule has 1 fully saturated rings. The summed E-state index contributed by atoms with van der Waals surface area (Å²) in [5, 5.41) is 2.95. The summed E-state index contributed by atoms with van der Waals surface area (Å²) in [6.45, 7) is 9.62. The lowest BCUT2D eigenvalue weighted by Crippen LogP contribution is -2.54. The Morgan fingerprint density at radius 1 is 1.03 bits per heavy atom. The van der Waals surface area contributed by atoms with Gasteiger partial charge in [0.25, 0.3) is 0 Å². The van der Waals surface area contributed by atoms with E-state index in [0.717, 1.165) is 49.6 Å². The van der Waals surface area contributed by atoms with Gasteiger partial charge in [0.2, 0.25) is 11.8 Å². The van der Waals surface area contributed by atoms with Crippen LogP contribution in [-0.4, -0.2) is 79.4 Å². The minimum Gasteiger partial charge on any atom is -0.497 e. The van der Waals surface area contributed by atoms with Crippen molar-refractivity contribution < 1.29 is 14.3 Å². The minimum absolute atomic E-state index is 0.0341. The summed E-state index contributed by atoms with van der Waals surface area (Å²) in [4.78, 5) is 31.8. The lowest BCUT2D eigenvalue weighted by atomic mass is 10.1. The summed E-state index contributed by atoms with van der Waals surface area (Å²) in [5.41, 5.74) is 3.12. The largest absolute Gasteiger partial charge is 0.497 e. The van der Waals surface area contributed by atoms with Crippen LogP contribution in [0.2, 0.25) is 0 Å². The highest BCUT2D eigenvalue weighted by molar-refractivity contribution is 5.95. The number of nitrogens with zero attached hydrogens (tertiary/aromatic N) is 3. The molecule has 0 saturated carbocycles. The number of methoxy groups -OCH3 is 1. The van der Waals surface area contributed by atoms with E-state index < -0.39 is 0 Å². The molecule has 184 valence electrons. The molecule has 0 aliphatic carbocycles. The first-order valence-corrected chi connectivity index (χ1v) is 12.1. The Balaban J connectivity index is 1.50. The second kappa shape index (κ2) is 12.0. The number of amides is 2. The second-order valence-electron chi connectivity index (χ2n) is 8.95. The van der Waals surface area contributed by atoms with Gasteiger partial charge in [-0.2, -0.15) is 0 Å². The summed E-state index contributed by atoms with van der Waals surface area (Å²) in [6.07, 6.45) is 0.838. The van der Waals surface area contributed by atoms with E-state index in [4.69, 9.17) is 4.74 Å². The van der Waals surface area contributed by atoms with Gasteiger partial charge in [-0.15, -0.1) is 0 Å². The molecule has 34 heavy (non-hydrogen) atoms. The van der Waals surface area contributed by atoms with Gasteiger partial charge in [-0.3, -0.25) is 19.4 Å². The fourth-order valence-corrected chi connectivity index (χ4v) is 4.53. The van der Waals surface area contributed by atoms with E-state index in [2.05, 4.69) is 41.1 Å². The van der Waals surface area contributed by atoms with Gasteiger partial charge in [-0.1, -0.05) is 37.3 Å². The van der Waals surface area contributed by atoms with Crippen LogP contribution in [0.25, 0.3) is 0 Å². The zero-order valence-corrected chi connectivity index (χ0v) is 21.1. The third-order valence-electron chi connectivity index (χ3n) is 6.81. The van der Waals surface area contributed by atoms with Crippen LogP contribution in [0.1, 0.15) is 37.9 Å². The van der Waals surface area contributed by atoms with Crippen LogP contribution in [0.3, 0.4) is 0 Å². The van der Waals surface area contributed by atoms with E-state index in [1.54, 1.807) is 14.2 Å². The van der Waals surface area contributed by atoms with E-state index in [1.807, 2.05) is 43.3 Å². The number of ether oxygens (including phenoxy) is 1. The van der Waals surface area contributed by atoms with Crippen LogP contribution in [0.5, 0.6) is 5.75 Å². The highest BCUT2D eigenvalue weighted by Gasteiger charge is 2.30. The molecule has 1 aliphatic rings. The molecule has 7 nitrogen and oxygen atoms in total. The fraction of sp³-hybridized carbons (Fsp3) is 0.481. The average molecular weight is 467 g/mol. The number of benzene rings is 2. The fourth-order valence-electron chi connectivity index (χ4n) is 4.53. The molecule has 3 rings (SSSR count). The number of para-hydroxylation sites is 1. The molecule has 0 bridgehead atoms. The van der Waals surface area contributed by atoms with E-state index in [0.29, 0.717) is 0 Å². The van der Waals surface area contributed by atoms with Crippen molar-refractivity contribution in [2.45, 2.75) is 39.3 Å². The number of anilines is 1. The van der Waals surface area contributed by atoms with E-state index >= 15 is 0 Å². The predicted octanol–water partition coefficient (Wildman–Crippen LogP) is 3.42. The van der Waals surface area contributed by atoms with Crippen LogP contribution in [0, 0.1) is 0 Å². The van der Waals surface area contributed by atoms with Crippen molar-refractivity contribution in [3.8, 4) is 5.75 Å². The number of piperazine rings is 1. The zero-order valence-electron chi connectivity index (χ0n) is 21.1. The van der Waals surface area contributed by atoms with Crippen molar-refractivity contribution >= 4 is 17.5 Å². The molecule has 0 spiro atoms. The number of nitrogens with one attached hydrogen (secondary N) is 1. The monoisotopic (exact) mass is 466 g/mol. The van der Waals surface area contributed by atoms with Gasteiger partial charge in [0.15, 0.2) is 0 Å². The maximum absolute atomic E-state index is 13.0. The van der Waals surface area contributed by atoms with Crippen LogP contribution < -0.4 is 10.1 Å². The van der Waals surface area contributed by atoms with Crippen molar-refractivity contribution in [3.63, 3.8) is 0 Å². The maximum atomic E-state index is 13.0. The molecule has 1 saturated heterocycles. The van der Waals surface area contributed by atoms with Gasteiger partial charge < -0.3 is 15.0 Å². The summed E-state index contributed by atoms with van der Waals surface area (Å²) in [6, 6.07) is 16.0. The smallest absolute Gasteiger partial charge is 0.243 e.